The summed E-state index contributed by atoms with van der Waals surface area (Å²) < 4.78 is 5.13. The number of carbonyl (C=O) groups excluding carboxylic acids is 1. The fraction of sp³-hybridized carbons (Fsp3) is 0.438. The lowest BCUT2D eigenvalue weighted by molar-refractivity contribution is 0.0251. The molecular weight excluding hydrogens is 296 g/mol. The molecule has 23 heavy (non-hydrogen) atoms. The third-order valence-corrected chi connectivity index (χ3v) is 4.12. The van der Waals surface area contributed by atoms with Gasteiger partial charge >= 0.3 is 0 Å². The van der Waals surface area contributed by atoms with Crippen molar-refractivity contribution in [3.8, 4) is 0 Å². The number of aliphatic hydroxyl groups is 1. The molecule has 1 fully saturated rings. The predicted octanol–water partition coefficient (Wildman–Crippen LogP) is 1.09. The summed E-state index contributed by atoms with van der Waals surface area (Å²) in [6.45, 7) is 3.10. The Labute approximate surface area is 134 Å². The van der Waals surface area contributed by atoms with E-state index in [4.69, 9.17) is 4.42 Å². The maximum absolute atomic E-state index is 12.4. The molecule has 3 rings (SSSR count). The first-order valence-electron chi connectivity index (χ1n) is 7.52. The number of anilines is 1. The molecule has 1 aliphatic heterocycles. The van der Waals surface area contributed by atoms with Gasteiger partial charge < -0.3 is 19.3 Å². The van der Waals surface area contributed by atoms with E-state index in [9.17, 15) is 9.90 Å². The van der Waals surface area contributed by atoms with Gasteiger partial charge in [-0.2, -0.15) is 0 Å². The zero-order valence-electron chi connectivity index (χ0n) is 13.3. The van der Waals surface area contributed by atoms with Crippen LogP contribution in [0.3, 0.4) is 0 Å². The van der Waals surface area contributed by atoms with Crippen molar-refractivity contribution in [3.05, 3.63) is 42.2 Å². The first-order chi connectivity index (χ1) is 11.0. The van der Waals surface area contributed by atoms with E-state index >= 15 is 0 Å². The van der Waals surface area contributed by atoms with Gasteiger partial charge in [-0.15, -0.1) is 0 Å². The van der Waals surface area contributed by atoms with Gasteiger partial charge in [0.2, 0.25) is 5.76 Å². The predicted molar refractivity (Wildman–Crippen MR) is 84.2 cm³/mol. The second-order valence-corrected chi connectivity index (χ2v) is 6.01. The number of aromatic nitrogens is 2. The maximum Gasteiger partial charge on any atom is 0.291 e. The first-order valence-corrected chi connectivity index (χ1v) is 7.52. The molecule has 1 atom stereocenters. The molecule has 0 spiro atoms. The van der Waals surface area contributed by atoms with Gasteiger partial charge in [0.1, 0.15) is 11.4 Å². The lowest BCUT2D eigenvalue weighted by Gasteiger charge is -2.28. The van der Waals surface area contributed by atoms with Crippen LogP contribution < -0.4 is 4.90 Å². The van der Waals surface area contributed by atoms with Crippen LogP contribution in [-0.2, 0) is 0 Å². The van der Waals surface area contributed by atoms with E-state index in [2.05, 4.69) is 9.97 Å². The van der Waals surface area contributed by atoms with E-state index in [1.54, 1.807) is 20.2 Å². The number of nitrogens with zero attached hydrogens (tertiary/aromatic N) is 4. The number of hydrogen-bond acceptors (Lipinski definition) is 6. The van der Waals surface area contributed by atoms with E-state index in [0.717, 1.165) is 5.82 Å². The monoisotopic (exact) mass is 316 g/mol. The highest BCUT2D eigenvalue weighted by molar-refractivity contribution is 5.92. The number of carbonyl (C=O) groups is 1. The van der Waals surface area contributed by atoms with Crippen LogP contribution in [0.5, 0.6) is 0 Å². The number of amides is 1. The summed E-state index contributed by atoms with van der Waals surface area (Å²) in [5.41, 5.74) is -0.411. The minimum atomic E-state index is -0.962. The fourth-order valence-corrected chi connectivity index (χ4v) is 2.92. The molecule has 3 heterocycles. The van der Waals surface area contributed by atoms with E-state index < -0.39 is 5.60 Å². The number of rotatable bonds is 4. The Morgan fingerprint density at radius 3 is 2.96 bits per heavy atom. The molecule has 0 bridgehead atoms. The summed E-state index contributed by atoms with van der Waals surface area (Å²) in [7, 11) is 1.66. The quantitative estimate of drug-likeness (QED) is 0.909. The molecule has 1 N–H and O–H groups in total. The molecule has 1 aliphatic rings. The smallest absolute Gasteiger partial charge is 0.291 e. The van der Waals surface area contributed by atoms with Crippen LogP contribution >= 0.6 is 0 Å². The van der Waals surface area contributed by atoms with Crippen molar-refractivity contribution in [2.75, 3.05) is 31.6 Å². The molecule has 0 aliphatic carbocycles. The van der Waals surface area contributed by atoms with Crippen LogP contribution in [0.2, 0.25) is 0 Å². The van der Waals surface area contributed by atoms with Crippen LogP contribution in [0.15, 0.2) is 35.2 Å². The van der Waals surface area contributed by atoms with Crippen molar-refractivity contribution >= 4 is 11.7 Å². The van der Waals surface area contributed by atoms with Crippen molar-refractivity contribution in [2.45, 2.75) is 18.9 Å². The Kier molecular flexibility index (Phi) is 4.04. The lowest BCUT2D eigenvalue weighted by atomic mass is 10.0. The van der Waals surface area contributed by atoms with Gasteiger partial charge in [-0.25, -0.2) is 9.97 Å². The molecule has 0 radical (unpaired) electrons. The highest BCUT2D eigenvalue weighted by Crippen LogP contribution is 2.26. The summed E-state index contributed by atoms with van der Waals surface area (Å²) in [5.74, 6) is 0.781. The summed E-state index contributed by atoms with van der Waals surface area (Å²) in [6, 6.07) is 5.69. The molecular formula is C16H20N4O3. The Balaban J connectivity index is 1.66. The van der Waals surface area contributed by atoms with Gasteiger partial charge in [0.05, 0.1) is 12.2 Å². The second-order valence-electron chi connectivity index (χ2n) is 6.01. The van der Waals surface area contributed by atoms with Crippen LogP contribution in [0.1, 0.15) is 22.7 Å². The third kappa shape index (κ3) is 3.19. The summed E-state index contributed by atoms with van der Waals surface area (Å²) in [4.78, 5) is 24.1. The molecule has 7 heteroatoms. The molecule has 7 nitrogen and oxygen atoms in total. The minimum Gasteiger partial charge on any atom is -0.438 e. The normalized spacial score (nSPS) is 20.7. The number of hydrogen-bond donors (Lipinski definition) is 1. The van der Waals surface area contributed by atoms with Crippen molar-refractivity contribution in [2.24, 2.45) is 0 Å². The van der Waals surface area contributed by atoms with Gasteiger partial charge in [-0.3, -0.25) is 4.79 Å². The minimum absolute atomic E-state index is 0.218. The van der Waals surface area contributed by atoms with E-state index in [-0.39, 0.29) is 18.2 Å². The van der Waals surface area contributed by atoms with Crippen molar-refractivity contribution < 1.29 is 14.3 Å². The number of likely N-dealkylation sites (N-methyl/N-ethyl adjacent to an activating group) is 1. The fourth-order valence-electron chi connectivity index (χ4n) is 2.92. The zero-order chi connectivity index (χ0) is 16.4. The van der Waals surface area contributed by atoms with Crippen LogP contribution in [0, 0.1) is 6.92 Å². The average Bonchev–Trinajstić information content (AvgIpc) is 3.13. The summed E-state index contributed by atoms with van der Waals surface area (Å²) >= 11 is 0. The summed E-state index contributed by atoms with van der Waals surface area (Å²) in [6.07, 6.45) is 3.56. The van der Waals surface area contributed by atoms with E-state index in [1.807, 2.05) is 23.1 Å². The lowest BCUT2D eigenvalue weighted by Crippen LogP contribution is -2.46. The van der Waals surface area contributed by atoms with Crippen molar-refractivity contribution in [1.82, 2.24) is 14.9 Å². The van der Waals surface area contributed by atoms with E-state index in [0.29, 0.717) is 25.2 Å². The standard InChI is InChI=1S/C16H20N4O3/c1-12-14(23-11-18-12)15(21)19(2)9-16(22)6-8-20(10-16)13-5-3-4-7-17-13/h3-5,7,11,22H,6,8-10H2,1-2H3/t16-/m0/s1. The van der Waals surface area contributed by atoms with Crippen LogP contribution in [0.25, 0.3) is 0 Å². The molecule has 2 aromatic heterocycles. The Morgan fingerprint density at radius 1 is 1.48 bits per heavy atom. The largest absolute Gasteiger partial charge is 0.438 e. The average molecular weight is 316 g/mol. The Bertz CT molecular complexity index is 688. The highest BCUT2D eigenvalue weighted by Gasteiger charge is 2.39. The molecule has 0 saturated carbocycles. The Morgan fingerprint density at radius 2 is 2.30 bits per heavy atom. The molecule has 1 amide bonds. The van der Waals surface area contributed by atoms with Gasteiger partial charge in [-0.1, -0.05) is 6.07 Å². The van der Waals surface area contributed by atoms with Crippen molar-refractivity contribution in [3.63, 3.8) is 0 Å². The SMILES string of the molecule is Cc1ncoc1C(=O)N(C)C[C@@]1(O)CCN(c2ccccn2)C1. The molecule has 2 aromatic rings. The van der Waals surface area contributed by atoms with Gasteiger partial charge in [-0.05, 0) is 25.5 Å². The molecule has 1 saturated heterocycles. The molecule has 0 aromatic carbocycles. The number of aryl methyl sites for hydroxylation is 1. The number of oxazole rings is 1. The van der Waals surface area contributed by atoms with Gasteiger partial charge in [0.25, 0.3) is 5.91 Å². The first kappa shape index (κ1) is 15.5. The number of β-amino-alcohol motifs (C(OH)–C–C–N with tert-alkyl or cyclic N) is 1. The zero-order valence-corrected chi connectivity index (χ0v) is 13.3. The number of pyridine rings is 1. The Hall–Kier alpha value is -2.41. The van der Waals surface area contributed by atoms with Gasteiger partial charge in [0.15, 0.2) is 6.39 Å². The second kappa shape index (κ2) is 6.00. The van der Waals surface area contributed by atoms with Crippen LogP contribution in [0.4, 0.5) is 5.82 Å². The molecule has 0 unspecified atom stereocenters. The maximum atomic E-state index is 12.4. The molecule has 122 valence electrons. The third-order valence-electron chi connectivity index (χ3n) is 4.12. The topological polar surface area (TPSA) is 82.7 Å². The van der Waals surface area contributed by atoms with E-state index in [1.165, 1.54) is 11.3 Å². The van der Waals surface area contributed by atoms with Crippen LogP contribution in [-0.4, -0.2) is 58.2 Å². The van der Waals surface area contributed by atoms with Crippen molar-refractivity contribution in [1.29, 1.82) is 0 Å². The summed E-state index contributed by atoms with van der Waals surface area (Å²) in [5, 5.41) is 10.8. The van der Waals surface area contributed by atoms with Gasteiger partial charge in [0, 0.05) is 26.3 Å². The highest BCUT2D eigenvalue weighted by atomic mass is 16.4.